The van der Waals surface area contributed by atoms with E-state index in [0.29, 0.717) is 0 Å². The molecule has 1 aromatic heterocycles. The summed E-state index contributed by atoms with van der Waals surface area (Å²) in [6.07, 6.45) is 0. The molecule has 1 heterocycles. The van der Waals surface area contributed by atoms with E-state index in [0.717, 1.165) is 19.2 Å². The van der Waals surface area contributed by atoms with Crippen molar-refractivity contribution in [3.63, 3.8) is 0 Å². The number of aryl methyl sites for hydroxylation is 1. The molecule has 0 saturated carbocycles. The lowest BCUT2D eigenvalue weighted by Crippen LogP contribution is -1.92. The number of benzene rings is 1. The second kappa shape index (κ2) is 5.09. The molecule has 84 valence electrons. The van der Waals surface area contributed by atoms with Crippen molar-refractivity contribution in [3.8, 4) is 0 Å². The molecule has 0 saturated heterocycles. The Morgan fingerprint density at radius 3 is 2.62 bits per heavy atom. The van der Waals surface area contributed by atoms with Crippen molar-refractivity contribution in [1.29, 1.82) is 0 Å². The van der Waals surface area contributed by atoms with E-state index in [9.17, 15) is 0 Å². The van der Waals surface area contributed by atoms with Crippen LogP contribution in [0.2, 0.25) is 4.34 Å². The number of thiophene rings is 1. The lowest BCUT2D eigenvalue weighted by atomic mass is 10.1. The number of hydrogen-bond acceptors (Lipinski definition) is 1. The summed E-state index contributed by atoms with van der Waals surface area (Å²) in [6, 6.07) is 10.0. The minimum atomic E-state index is -0.147. The summed E-state index contributed by atoms with van der Waals surface area (Å²) in [4.78, 5) is 1.07. The fraction of sp³-hybridized carbons (Fsp3) is 0.167. The zero-order valence-electron chi connectivity index (χ0n) is 8.51. The SMILES string of the molecule is Cc1ccc(Br)c(C(Cl)c2ccc(Cl)s2)c1. The van der Waals surface area contributed by atoms with Gasteiger partial charge in [-0.1, -0.05) is 45.2 Å². The Morgan fingerprint density at radius 2 is 2.00 bits per heavy atom. The molecule has 0 aliphatic heterocycles. The van der Waals surface area contributed by atoms with E-state index < -0.39 is 0 Å². The Kier molecular flexibility index (Phi) is 3.96. The zero-order valence-corrected chi connectivity index (χ0v) is 12.4. The third-order valence-electron chi connectivity index (χ3n) is 2.27. The smallest absolute Gasteiger partial charge is 0.0939 e. The molecular formula is C12H9BrCl2S. The van der Waals surface area contributed by atoms with Crippen LogP contribution in [0.15, 0.2) is 34.8 Å². The van der Waals surface area contributed by atoms with E-state index in [2.05, 4.69) is 35.0 Å². The van der Waals surface area contributed by atoms with Gasteiger partial charge in [0.1, 0.15) is 0 Å². The molecule has 0 spiro atoms. The Hall–Kier alpha value is -0.0200. The Bertz CT molecular complexity index is 507. The lowest BCUT2D eigenvalue weighted by Gasteiger charge is -2.10. The first-order chi connectivity index (χ1) is 7.58. The topological polar surface area (TPSA) is 0 Å². The average Bonchev–Trinajstić information content (AvgIpc) is 2.67. The van der Waals surface area contributed by atoms with Crippen LogP contribution in [0.3, 0.4) is 0 Å². The maximum Gasteiger partial charge on any atom is 0.0939 e. The minimum Gasteiger partial charge on any atom is -0.127 e. The Balaban J connectivity index is 2.40. The highest BCUT2D eigenvalue weighted by Crippen LogP contribution is 2.38. The second-order valence-corrected chi connectivity index (χ2v) is 6.57. The van der Waals surface area contributed by atoms with Crippen LogP contribution in [0, 0.1) is 6.92 Å². The van der Waals surface area contributed by atoms with Crippen LogP contribution in [-0.2, 0) is 0 Å². The highest BCUT2D eigenvalue weighted by molar-refractivity contribution is 9.10. The normalized spacial score (nSPS) is 12.8. The molecule has 0 bridgehead atoms. The molecule has 0 N–H and O–H groups in total. The lowest BCUT2D eigenvalue weighted by molar-refractivity contribution is 1.16. The average molecular weight is 336 g/mol. The van der Waals surface area contributed by atoms with Crippen LogP contribution in [0.4, 0.5) is 0 Å². The molecule has 0 aliphatic carbocycles. The summed E-state index contributed by atoms with van der Waals surface area (Å²) < 4.78 is 1.80. The molecule has 16 heavy (non-hydrogen) atoms. The molecule has 0 amide bonds. The van der Waals surface area contributed by atoms with Crippen molar-refractivity contribution in [2.75, 3.05) is 0 Å². The van der Waals surface area contributed by atoms with Crippen molar-refractivity contribution in [3.05, 3.63) is 55.1 Å². The highest BCUT2D eigenvalue weighted by Gasteiger charge is 2.15. The number of rotatable bonds is 2. The van der Waals surface area contributed by atoms with Crippen molar-refractivity contribution >= 4 is 50.5 Å². The van der Waals surface area contributed by atoms with Gasteiger partial charge in [0.15, 0.2) is 0 Å². The quantitative estimate of drug-likeness (QED) is 0.608. The molecule has 1 atom stereocenters. The van der Waals surface area contributed by atoms with E-state index in [-0.39, 0.29) is 5.38 Å². The van der Waals surface area contributed by atoms with Crippen LogP contribution in [0.1, 0.15) is 21.4 Å². The summed E-state index contributed by atoms with van der Waals surface area (Å²) in [6.45, 7) is 2.06. The summed E-state index contributed by atoms with van der Waals surface area (Å²) in [5.41, 5.74) is 2.28. The standard InChI is InChI=1S/C12H9BrCl2S/c1-7-2-3-9(13)8(6-7)12(15)10-4-5-11(14)16-10/h2-6,12H,1H3. The second-order valence-electron chi connectivity index (χ2n) is 3.53. The van der Waals surface area contributed by atoms with Gasteiger partial charge in [-0.25, -0.2) is 0 Å². The van der Waals surface area contributed by atoms with Gasteiger partial charge >= 0.3 is 0 Å². The van der Waals surface area contributed by atoms with E-state index in [1.165, 1.54) is 16.9 Å². The van der Waals surface area contributed by atoms with Crippen molar-refractivity contribution in [2.24, 2.45) is 0 Å². The number of alkyl halides is 1. The first kappa shape index (κ1) is 12.4. The van der Waals surface area contributed by atoms with E-state index in [1.54, 1.807) is 0 Å². The number of halogens is 3. The first-order valence-electron chi connectivity index (χ1n) is 4.73. The third kappa shape index (κ3) is 2.62. The fourth-order valence-corrected chi connectivity index (χ4v) is 3.53. The largest absolute Gasteiger partial charge is 0.127 e. The summed E-state index contributed by atoms with van der Waals surface area (Å²) in [5, 5.41) is -0.147. The molecule has 1 aromatic carbocycles. The molecule has 0 aliphatic rings. The summed E-state index contributed by atoms with van der Waals surface area (Å²) >= 11 is 17.4. The van der Waals surface area contributed by atoms with Gasteiger partial charge in [-0.2, -0.15) is 0 Å². The third-order valence-corrected chi connectivity index (χ3v) is 4.89. The molecule has 2 aromatic rings. The number of hydrogen-bond donors (Lipinski definition) is 0. The van der Waals surface area contributed by atoms with Crippen LogP contribution in [-0.4, -0.2) is 0 Å². The molecule has 4 heteroatoms. The van der Waals surface area contributed by atoms with Gasteiger partial charge in [0.05, 0.1) is 9.71 Å². The van der Waals surface area contributed by atoms with Crippen molar-refractivity contribution < 1.29 is 0 Å². The zero-order chi connectivity index (χ0) is 11.7. The van der Waals surface area contributed by atoms with E-state index in [4.69, 9.17) is 23.2 Å². The minimum absolute atomic E-state index is 0.147. The van der Waals surface area contributed by atoms with Gasteiger partial charge in [0.2, 0.25) is 0 Å². The maximum atomic E-state index is 6.44. The van der Waals surface area contributed by atoms with Gasteiger partial charge in [-0.05, 0) is 30.7 Å². The van der Waals surface area contributed by atoms with Gasteiger partial charge in [-0.15, -0.1) is 22.9 Å². The van der Waals surface area contributed by atoms with Crippen LogP contribution < -0.4 is 0 Å². The van der Waals surface area contributed by atoms with Crippen molar-refractivity contribution in [1.82, 2.24) is 0 Å². The van der Waals surface area contributed by atoms with E-state index in [1.807, 2.05) is 18.2 Å². The monoisotopic (exact) mass is 334 g/mol. The van der Waals surface area contributed by atoms with Gasteiger partial charge < -0.3 is 0 Å². The Morgan fingerprint density at radius 1 is 1.25 bits per heavy atom. The van der Waals surface area contributed by atoms with Gasteiger partial charge in [0, 0.05) is 9.35 Å². The predicted octanol–water partition coefficient (Wildman–Crippen LogP) is 5.80. The van der Waals surface area contributed by atoms with Crippen molar-refractivity contribution in [2.45, 2.75) is 12.3 Å². The predicted molar refractivity (Wildman–Crippen MR) is 75.9 cm³/mol. The van der Waals surface area contributed by atoms with Crippen LogP contribution >= 0.6 is 50.5 Å². The fourth-order valence-electron chi connectivity index (χ4n) is 1.48. The molecular weight excluding hydrogens is 327 g/mol. The van der Waals surface area contributed by atoms with E-state index >= 15 is 0 Å². The first-order valence-corrected chi connectivity index (χ1v) is 7.15. The molecule has 1 unspecified atom stereocenters. The highest BCUT2D eigenvalue weighted by atomic mass is 79.9. The van der Waals surface area contributed by atoms with Crippen LogP contribution in [0.25, 0.3) is 0 Å². The molecule has 0 fully saturated rings. The summed E-state index contributed by atoms with van der Waals surface area (Å²) in [7, 11) is 0. The Labute approximate surface area is 117 Å². The molecule has 0 nitrogen and oxygen atoms in total. The van der Waals surface area contributed by atoms with Gasteiger partial charge in [0.25, 0.3) is 0 Å². The van der Waals surface area contributed by atoms with Gasteiger partial charge in [-0.3, -0.25) is 0 Å². The maximum absolute atomic E-state index is 6.44. The summed E-state index contributed by atoms with van der Waals surface area (Å²) in [5.74, 6) is 0. The molecule has 2 rings (SSSR count). The molecule has 0 radical (unpaired) electrons. The van der Waals surface area contributed by atoms with Crippen LogP contribution in [0.5, 0.6) is 0 Å².